The SMILES string of the molecule is O=C(SCCC(F)CC(F)(F)F)c1ccccc1. The average molecular weight is 280 g/mol. The van der Waals surface area contributed by atoms with Gasteiger partial charge in [0.25, 0.3) is 0 Å². The van der Waals surface area contributed by atoms with Crippen molar-refractivity contribution < 1.29 is 22.4 Å². The lowest BCUT2D eigenvalue weighted by Crippen LogP contribution is -2.16. The minimum absolute atomic E-state index is 0.0466. The van der Waals surface area contributed by atoms with Crippen LogP contribution in [0.4, 0.5) is 17.6 Å². The van der Waals surface area contributed by atoms with Crippen molar-refractivity contribution in [2.75, 3.05) is 5.75 Å². The molecule has 0 bridgehead atoms. The van der Waals surface area contributed by atoms with Crippen LogP contribution in [0.2, 0.25) is 0 Å². The molecule has 0 radical (unpaired) electrons. The van der Waals surface area contributed by atoms with Gasteiger partial charge in [-0.2, -0.15) is 13.2 Å². The topological polar surface area (TPSA) is 17.1 Å². The molecule has 0 aliphatic rings. The molecule has 0 spiro atoms. The Morgan fingerprint density at radius 3 is 2.39 bits per heavy atom. The number of hydrogen-bond acceptors (Lipinski definition) is 2. The summed E-state index contributed by atoms with van der Waals surface area (Å²) in [6, 6.07) is 8.35. The summed E-state index contributed by atoms with van der Waals surface area (Å²) < 4.78 is 48.4. The summed E-state index contributed by atoms with van der Waals surface area (Å²) in [6.07, 6.45) is -8.16. The summed E-state index contributed by atoms with van der Waals surface area (Å²) in [5, 5.41) is -0.255. The Hall–Kier alpha value is -1.04. The Morgan fingerprint density at radius 2 is 1.83 bits per heavy atom. The summed E-state index contributed by atoms with van der Waals surface area (Å²) in [6.45, 7) is 0. The van der Waals surface area contributed by atoms with Gasteiger partial charge >= 0.3 is 6.18 Å². The van der Waals surface area contributed by atoms with Gasteiger partial charge in [0.15, 0.2) is 0 Å². The lowest BCUT2D eigenvalue weighted by Gasteiger charge is -2.10. The molecule has 6 heteroatoms. The number of alkyl halides is 4. The van der Waals surface area contributed by atoms with E-state index in [-0.39, 0.29) is 17.3 Å². The van der Waals surface area contributed by atoms with Crippen LogP contribution in [0.5, 0.6) is 0 Å². The van der Waals surface area contributed by atoms with E-state index in [1.807, 2.05) is 0 Å². The lowest BCUT2D eigenvalue weighted by atomic mass is 10.2. The predicted octanol–water partition coefficient (Wildman–Crippen LogP) is 4.24. The van der Waals surface area contributed by atoms with E-state index in [1.165, 1.54) is 0 Å². The largest absolute Gasteiger partial charge is 0.391 e. The standard InChI is InChI=1S/C12H12F4OS/c13-10(8-12(14,15)16)6-7-18-11(17)9-4-2-1-3-5-9/h1-5,10H,6-8H2. The number of hydrogen-bond donors (Lipinski definition) is 0. The first-order valence-electron chi connectivity index (χ1n) is 5.31. The van der Waals surface area contributed by atoms with Crippen molar-refractivity contribution in [2.24, 2.45) is 0 Å². The third kappa shape index (κ3) is 6.05. The predicted molar refractivity (Wildman–Crippen MR) is 63.4 cm³/mol. The highest BCUT2D eigenvalue weighted by Gasteiger charge is 2.31. The second-order valence-corrected chi connectivity index (χ2v) is 4.77. The van der Waals surface area contributed by atoms with Gasteiger partial charge in [-0.3, -0.25) is 4.79 Å². The summed E-state index contributed by atoms with van der Waals surface area (Å²) in [4.78, 5) is 11.5. The van der Waals surface area contributed by atoms with Crippen LogP contribution < -0.4 is 0 Å². The van der Waals surface area contributed by atoms with Crippen LogP contribution in [-0.2, 0) is 0 Å². The van der Waals surface area contributed by atoms with Gasteiger partial charge in [0.1, 0.15) is 6.17 Å². The zero-order valence-electron chi connectivity index (χ0n) is 9.41. The van der Waals surface area contributed by atoms with Crippen molar-refractivity contribution >= 4 is 16.9 Å². The molecule has 0 aromatic heterocycles. The van der Waals surface area contributed by atoms with E-state index >= 15 is 0 Å². The molecule has 0 fully saturated rings. The number of carbonyl (C=O) groups excluding carboxylic acids is 1. The fourth-order valence-corrected chi connectivity index (χ4v) is 2.15. The van der Waals surface area contributed by atoms with Crippen LogP contribution in [0, 0.1) is 0 Å². The normalized spacial score (nSPS) is 13.3. The molecule has 1 atom stereocenters. The highest BCUT2D eigenvalue weighted by Crippen LogP contribution is 2.25. The molecule has 1 aromatic rings. The highest BCUT2D eigenvalue weighted by atomic mass is 32.2. The second-order valence-electron chi connectivity index (χ2n) is 3.71. The summed E-state index contributed by atoms with van der Waals surface area (Å²) in [5.41, 5.74) is 0.466. The molecule has 18 heavy (non-hydrogen) atoms. The quantitative estimate of drug-likeness (QED) is 0.750. The number of benzene rings is 1. The van der Waals surface area contributed by atoms with Crippen molar-refractivity contribution in [2.45, 2.75) is 25.2 Å². The van der Waals surface area contributed by atoms with Gasteiger partial charge in [0, 0.05) is 11.3 Å². The molecule has 0 N–H and O–H groups in total. The maximum atomic E-state index is 12.9. The third-order valence-corrected chi connectivity index (χ3v) is 3.06. The molecule has 0 saturated carbocycles. The Balaban J connectivity index is 2.28. The van der Waals surface area contributed by atoms with Crippen LogP contribution in [0.1, 0.15) is 23.2 Å². The van der Waals surface area contributed by atoms with Crippen LogP contribution in [0.15, 0.2) is 30.3 Å². The Labute approximate surface area is 107 Å². The van der Waals surface area contributed by atoms with Crippen LogP contribution in [0.25, 0.3) is 0 Å². The zero-order chi connectivity index (χ0) is 13.6. The fourth-order valence-electron chi connectivity index (χ4n) is 1.29. The molecule has 100 valence electrons. The highest BCUT2D eigenvalue weighted by molar-refractivity contribution is 8.14. The minimum Gasteiger partial charge on any atom is -0.282 e. The van der Waals surface area contributed by atoms with Crippen molar-refractivity contribution in [3.63, 3.8) is 0 Å². The van der Waals surface area contributed by atoms with E-state index < -0.39 is 18.8 Å². The van der Waals surface area contributed by atoms with Gasteiger partial charge in [-0.15, -0.1) is 0 Å². The van der Waals surface area contributed by atoms with E-state index in [9.17, 15) is 22.4 Å². The molecule has 0 heterocycles. The molecule has 1 nitrogen and oxygen atoms in total. The number of rotatable bonds is 5. The molecular formula is C12H12F4OS. The van der Waals surface area contributed by atoms with E-state index in [4.69, 9.17) is 0 Å². The smallest absolute Gasteiger partial charge is 0.282 e. The van der Waals surface area contributed by atoms with E-state index in [0.29, 0.717) is 5.56 Å². The van der Waals surface area contributed by atoms with Crippen LogP contribution in [-0.4, -0.2) is 23.2 Å². The molecule has 1 rings (SSSR count). The van der Waals surface area contributed by atoms with Crippen molar-refractivity contribution in [3.8, 4) is 0 Å². The van der Waals surface area contributed by atoms with Gasteiger partial charge < -0.3 is 0 Å². The summed E-state index contributed by atoms with van der Waals surface area (Å²) >= 11 is 0.838. The van der Waals surface area contributed by atoms with Crippen molar-refractivity contribution in [1.82, 2.24) is 0 Å². The first-order chi connectivity index (χ1) is 8.38. The van der Waals surface area contributed by atoms with Gasteiger partial charge in [-0.1, -0.05) is 42.1 Å². The van der Waals surface area contributed by atoms with Crippen LogP contribution in [0.3, 0.4) is 0 Å². The maximum absolute atomic E-state index is 12.9. The number of carbonyl (C=O) groups is 1. The first-order valence-corrected chi connectivity index (χ1v) is 6.30. The monoisotopic (exact) mass is 280 g/mol. The van der Waals surface area contributed by atoms with Gasteiger partial charge in [-0.25, -0.2) is 4.39 Å². The number of halogens is 4. The van der Waals surface area contributed by atoms with E-state index in [0.717, 1.165) is 11.8 Å². The second kappa shape index (κ2) is 6.78. The Kier molecular flexibility index (Phi) is 5.65. The molecule has 0 saturated heterocycles. The van der Waals surface area contributed by atoms with Crippen LogP contribution >= 0.6 is 11.8 Å². The van der Waals surface area contributed by atoms with E-state index in [1.54, 1.807) is 30.3 Å². The molecule has 1 unspecified atom stereocenters. The molecule has 0 aliphatic carbocycles. The summed E-state index contributed by atoms with van der Waals surface area (Å²) in [5.74, 6) is 0.0466. The van der Waals surface area contributed by atoms with Crippen molar-refractivity contribution in [3.05, 3.63) is 35.9 Å². The Bertz CT molecular complexity index is 377. The molecule has 0 aliphatic heterocycles. The number of thioether (sulfide) groups is 1. The Morgan fingerprint density at radius 1 is 1.22 bits per heavy atom. The molecular weight excluding hydrogens is 268 g/mol. The third-order valence-electron chi connectivity index (χ3n) is 2.13. The maximum Gasteiger partial charge on any atom is 0.391 e. The first kappa shape index (κ1) is 15.0. The molecule has 0 amide bonds. The van der Waals surface area contributed by atoms with Crippen molar-refractivity contribution in [1.29, 1.82) is 0 Å². The van der Waals surface area contributed by atoms with Gasteiger partial charge in [-0.05, 0) is 6.42 Å². The zero-order valence-corrected chi connectivity index (χ0v) is 10.2. The van der Waals surface area contributed by atoms with Gasteiger partial charge in [0.2, 0.25) is 5.12 Å². The van der Waals surface area contributed by atoms with Gasteiger partial charge in [0.05, 0.1) is 6.42 Å². The van der Waals surface area contributed by atoms with E-state index in [2.05, 4.69) is 0 Å². The minimum atomic E-state index is -4.49. The lowest BCUT2D eigenvalue weighted by molar-refractivity contribution is -0.146. The fraction of sp³-hybridized carbons (Fsp3) is 0.417. The average Bonchev–Trinajstić information content (AvgIpc) is 2.27. The summed E-state index contributed by atoms with van der Waals surface area (Å²) in [7, 11) is 0. The molecule has 1 aromatic carbocycles.